The molecule has 1 heterocycles. The van der Waals surface area contributed by atoms with E-state index in [1.54, 1.807) is 0 Å². The minimum Gasteiger partial charge on any atom is -0.462 e. The molecule has 1 aliphatic heterocycles. The average Bonchev–Trinajstić information content (AvgIpc) is 2.45. The molecule has 0 radical (unpaired) electrons. The minimum absolute atomic E-state index is 0.0534. The SMILES string of the molecule is O=C[C@H]1CC[C@@H]2OC(=O)C[C@@H]21. The lowest BCUT2D eigenvalue weighted by molar-refractivity contribution is -0.141. The van der Waals surface area contributed by atoms with Gasteiger partial charge in [0.2, 0.25) is 0 Å². The van der Waals surface area contributed by atoms with E-state index in [0.29, 0.717) is 6.42 Å². The Morgan fingerprint density at radius 2 is 2.27 bits per heavy atom. The first-order valence-corrected chi connectivity index (χ1v) is 3.96. The zero-order chi connectivity index (χ0) is 7.84. The fourth-order valence-corrected chi connectivity index (χ4v) is 2.07. The molecule has 1 saturated heterocycles. The first kappa shape index (κ1) is 6.83. The summed E-state index contributed by atoms with van der Waals surface area (Å²) < 4.78 is 5.02. The van der Waals surface area contributed by atoms with Gasteiger partial charge in [-0.3, -0.25) is 4.79 Å². The highest BCUT2D eigenvalue weighted by molar-refractivity contribution is 5.73. The molecule has 1 aliphatic carbocycles. The van der Waals surface area contributed by atoms with E-state index in [0.717, 1.165) is 19.1 Å². The summed E-state index contributed by atoms with van der Waals surface area (Å²) in [5.74, 6) is 0.137. The van der Waals surface area contributed by atoms with Crippen molar-refractivity contribution in [3.05, 3.63) is 0 Å². The number of carbonyl (C=O) groups excluding carboxylic acids is 2. The first-order valence-electron chi connectivity index (χ1n) is 3.96. The lowest BCUT2D eigenvalue weighted by Crippen LogP contribution is -2.14. The zero-order valence-corrected chi connectivity index (χ0v) is 6.16. The summed E-state index contributed by atoms with van der Waals surface area (Å²) in [6.07, 6.45) is 3.24. The van der Waals surface area contributed by atoms with Gasteiger partial charge in [0.15, 0.2) is 0 Å². The summed E-state index contributed by atoms with van der Waals surface area (Å²) >= 11 is 0. The number of hydrogen-bond acceptors (Lipinski definition) is 3. The Morgan fingerprint density at radius 1 is 1.45 bits per heavy atom. The summed E-state index contributed by atoms with van der Waals surface area (Å²) in [5.41, 5.74) is 0. The molecule has 0 N–H and O–H groups in total. The van der Waals surface area contributed by atoms with Crippen LogP contribution in [0.1, 0.15) is 19.3 Å². The smallest absolute Gasteiger partial charge is 0.306 e. The molecule has 1 saturated carbocycles. The summed E-state index contributed by atoms with van der Waals surface area (Å²) in [6.45, 7) is 0. The standard InChI is InChI=1S/C8H10O3/c9-4-5-1-2-7-6(5)3-8(10)11-7/h4-7H,1-3H2/t5-,6-,7+/m1/s1. The molecule has 0 aromatic heterocycles. The van der Waals surface area contributed by atoms with Crippen LogP contribution in [-0.2, 0) is 14.3 Å². The quantitative estimate of drug-likeness (QED) is 0.408. The van der Waals surface area contributed by atoms with Crippen molar-refractivity contribution in [2.75, 3.05) is 0 Å². The monoisotopic (exact) mass is 154 g/mol. The average molecular weight is 154 g/mol. The van der Waals surface area contributed by atoms with Gasteiger partial charge in [0, 0.05) is 11.8 Å². The van der Waals surface area contributed by atoms with Crippen molar-refractivity contribution in [2.24, 2.45) is 11.8 Å². The Morgan fingerprint density at radius 3 is 3.00 bits per heavy atom. The minimum atomic E-state index is -0.133. The molecule has 0 unspecified atom stereocenters. The third-order valence-corrected chi connectivity index (χ3v) is 2.67. The Bertz CT molecular complexity index is 200. The second-order valence-electron chi connectivity index (χ2n) is 3.27. The van der Waals surface area contributed by atoms with Crippen molar-refractivity contribution in [1.29, 1.82) is 0 Å². The van der Waals surface area contributed by atoms with Gasteiger partial charge in [0.05, 0.1) is 6.42 Å². The van der Waals surface area contributed by atoms with E-state index in [2.05, 4.69) is 0 Å². The summed E-state index contributed by atoms with van der Waals surface area (Å²) in [4.78, 5) is 21.3. The zero-order valence-electron chi connectivity index (χ0n) is 6.16. The topological polar surface area (TPSA) is 43.4 Å². The molecular weight excluding hydrogens is 144 g/mol. The van der Waals surface area contributed by atoms with Crippen molar-refractivity contribution in [3.8, 4) is 0 Å². The van der Waals surface area contributed by atoms with E-state index in [-0.39, 0.29) is 23.9 Å². The van der Waals surface area contributed by atoms with Gasteiger partial charge in [-0.25, -0.2) is 0 Å². The van der Waals surface area contributed by atoms with Crippen molar-refractivity contribution in [2.45, 2.75) is 25.4 Å². The second kappa shape index (κ2) is 2.32. The third kappa shape index (κ3) is 0.951. The van der Waals surface area contributed by atoms with Crippen LogP contribution >= 0.6 is 0 Å². The number of esters is 1. The fraction of sp³-hybridized carbons (Fsp3) is 0.750. The van der Waals surface area contributed by atoms with Crippen LogP contribution in [0.2, 0.25) is 0 Å². The maximum Gasteiger partial charge on any atom is 0.306 e. The highest BCUT2D eigenvalue weighted by Crippen LogP contribution is 2.39. The molecule has 0 amide bonds. The Hall–Kier alpha value is -0.860. The van der Waals surface area contributed by atoms with Crippen molar-refractivity contribution >= 4 is 12.3 Å². The van der Waals surface area contributed by atoms with Gasteiger partial charge in [-0.1, -0.05) is 0 Å². The lowest BCUT2D eigenvalue weighted by Gasteiger charge is -2.07. The number of aldehydes is 1. The Kier molecular flexibility index (Phi) is 1.44. The molecule has 0 spiro atoms. The Balaban J connectivity index is 2.12. The van der Waals surface area contributed by atoms with Crippen molar-refractivity contribution < 1.29 is 14.3 Å². The van der Waals surface area contributed by atoms with Crippen LogP contribution in [0.15, 0.2) is 0 Å². The highest BCUT2D eigenvalue weighted by atomic mass is 16.5. The first-order chi connectivity index (χ1) is 5.31. The number of carbonyl (C=O) groups is 2. The molecule has 0 bridgehead atoms. The predicted octanol–water partition coefficient (Wildman–Crippen LogP) is 0.527. The molecule has 0 aromatic carbocycles. The molecule has 2 aliphatic rings. The van der Waals surface area contributed by atoms with Crippen LogP contribution in [0, 0.1) is 11.8 Å². The number of hydrogen-bond donors (Lipinski definition) is 0. The summed E-state index contributed by atoms with van der Waals surface area (Å²) in [7, 11) is 0. The van der Waals surface area contributed by atoms with Crippen LogP contribution in [0.5, 0.6) is 0 Å². The van der Waals surface area contributed by atoms with Gasteiger partial charge in [-0.05, 0) is 12.8 Å². The van der Waals surface area contributed by atoms with E-state index >= 15 is 0 Å². The molecule has 3 heteroatoms. The molecule has 11 heavy (non-hydrogen) atoms. The van der Waals surface area contributed by atoms with E-state index in [1.165, 1.54) is 0 Å². The van der Waals surface area contributed by atoms with Gasteiger partial charge in [0.1, 0.15) is 12.4 Å². The molecule has 2 fully saturated rings. The van der Waals surface area contributed by atoms with E-state index in [9.17, 15) is 9.59 Å². The van der Waals surface area contributed by atoms with Gasteiger partial charge in [-0.15, -0.1) is 0 Å². The van der Waals surface area contributed by atoms with E-state index in [1.807, 2.05) is 0 Å². The maximum atomic E-state index is 10.8. The van der Waals surface area contributed by atoms with Crippen molar-refractivity contribution in [3.63, 3.8) is 0 Å². The van der Waals surface area contributed by atoms with Crippen LogP contribution in [0.3, 0.4) is 0 Å². The molecular formula is C8H10O3. The predicted molar refractivity (Wildman–Crippen MR) is 36.8 cm³/mol. The number of fused-ring (bicyclic) bond motifs is 1. The molecule has 2 rings (SSSR count). The van der Waals surface area contributed by atoms with Crippen LogP contribution in [0.25, 0.3) is 0 Å². The van der Waals surface area contributed by atoms with Crippen LogP contribution in [0.4, 0.5) is 0 Å². The van der Waals surface area contributed by atoms with E-state index < -0.39 is 0 Å². The Labute approximate surface area is 64.7 Å². The number of rotatable bonds is 1. The fourth-order valence-electron chi connectivity index (χ4n) is 2.07. The molecule has 60 valence electrons. The highest BCUT2D eigenvalue weighted by Gasteiger charge is 2.44. The molecule has 3 nitrogen and oxygen atoms in total. The largest absolute Gasteiger partial charge is 0.462 e. The van der Waals surface area contributed by atoms with Gasteiger partial charge in [0.25, 0.3) is 0 Å². The van der Waals surface area contributed by atoms with Gasteiger partial charge in [-0.2, -0.15) is 0 Å². The van der Waals surface area contributed by atoms with Gasteiger partial charge >= 0.3 is 5.97 Å². The van der Waals surface area contributed by atoms with Crippen LogP contribution in [-0.4, -0.2) is 18.4 Å². The normalized spacial score (nSPS) is 41.8. The van der Waals surface area contributed by atoms with Crippen molar-refractivity contribution in [1.82, 2.24) is 0 Å². The lowest BCUT2D eigenvalue weighted by atomic mass is 9.95. The maximum absolute atomic E-state index is 10.8. The number of ether oxygens (including phenoxy) is 1. The molecule has 3 atom stereocenters. The van der Waals surface area contributed by atoms with Crippen LogP contribution < -0.4 is 0 Å². The summed E-state index contributed by atoms with van der Waals surface area (Å²) in [5, 5.41) is 0. The second-order valence-corrected chi connectivity index (χ2v) is 3.27. The third-order valence-electron chi connectivity index (χ3n) is 2.67. The van der Waals surface area contributed by atoms with Gasteiger partial charge < -0.3 is 9.53 Å². The van der Waals surface area contributed by atoms with E-state index in [4.69, 9.17) is 4.74 Å². The molecule has 0 aromatic rings. The summed E-state index contributed by atoms with van der Waals surface area (Å²) in [6, 6.07) is 0.